The highest BCUT2D eigenvalue weighted by atomic mass is 35.5. The van der Waals surface area contributed by atoms with Gasteiger partial charge in [-0.15, -0.1) is 23.2 Å². The van der Waals surface area contributed by atoms with Gasteiger partial charge in [-0.3, -0.25) is 0 Å². The highest BCUT2D eigenvalue weighted by molar-refractivity contribution is 6.28. The molecule has 0 aliphatic carbocycles. The molecular weight excluding hydrogens is 183 g/mol. The van der Waals surface area contributed by atoms with Crippen LogP contribution in [0.2, 0.25) is 0 Å². The van der Waals surface area contributed by atoms with Crippen molar-refractivity contribution in [3.05, 3.63) is 6.61 Å². The lowest BCUT2D eigenvalue weighted by molar-refractivity contribution is 0.0219. The highest BCUT2D eigenvalue weighted by Gasteiger charge is 2.21. The van der Waals surface area contributed by atoms with E-state index in [2.05, 4.69) is 0 Å². The van der Waals surface area contributed by atoms with Gasteiger partial charge in [0.25, 0.3) is 0 Å². The maximum absolute atomic E-state index is 5.86. The molecule has 0 heterocycles. The molecule has 0 spiro atoms. The molecule has 67 valence electrons. The van der Waals surface area contributed by atoms with Crippen LogP contribution in [-0.2, 0) is 4.74 Å². The van der Waals surface area contributed by atoms with E-state index in [-0.39, 0.29) is 11.0 Å². The molecule has 1 unspecified atom stereocenters. The maximum atomic E-state index is 5.86. The van der Waals surface area contributed by atoms with Gasteiger partial charge in [-0.05, 0) is 27.2 Å². The van der Waals surface area contributed by atoms with Crippen LogP contribution in [0.25, 0.3) is 0 Å². The van der Waals surface area contributed by atoms with Crippen molar-refractivity contribution in [2.75, 3.05) is 5.88 Å². The number of halogens is 2. The van der Waals surface area contributed by atoms with E-state index in [1.807, 2.05) is 20.8 Å². The van der Waals surface area contributed by atoms with E-state index < -0.39 is 0 Å². The standard InChI is InChI=1S/C8H15Cl2O/c1-4-11-8(2,3)5-7(10)6-9/h4,7H,5-6H2,1-3H3. The van der Waals surface area contributed by atoms with E-state index in [9.17, 15) is 0 Å². The second-order valence-corrected chi connectivity index (χ2v) is 3.99. The van der Waals surface area contributed by atoms with Gasteiger partial charge in [-0.1, -0.05) is 0 Å². The van der Waals surface area contributed by atoms with Crippen LogP contribution in [-0.4, -0.2) is 16.9 Å². The summed E-state index contributed by atoms with van der Waals surface area (Å²) in [6.07, 6.45) is 0.766. The zero-order valence-corrected chi connectivity index (χ0v) is 8.74. The smallest absolute Gasteiger partial charge is 0.0813 e. The van der Waals surface area contributed by atoms with E-state index in [0.29, 0.717) is 5.88 Å². The Hall–Kier alpha value is 0.540. The number of hydrogen-bond acceptors (Lipinski definition) is 1. The van der Waals surface area contributed by atoms with Crippen molar-refractivity contribution in [1.29, 1.82) is 0 Å². The van der Waals surface area contributed by atoms with Crippen LogP contribution < -0.4 is 0 Å². The molecule has 0 aliphatic rings. The fourth-order valence-corrected chi connectivity index (χ4v) is 1.44. The van der Waals surface area contributed by atoms with Gasteiger partial charge < -0.3 is 4.74 Å². The van der Waals surface area contributed by atoms with E-state index >= 15 is 0 Å². The molecule has 0 fully saturated rings. The van der Waals surface area contributed by atoms with Gasteiger partial charge in [0.15, 0.2) is 0 Å². The van der Waals surface area contributed by atoms with Gasteiger partial charge in [-0.25, -0.2) is 0 Å². The molecule has 0 N–H and O–H groups in total. The molecule has 0 aliphatic heterocycles. The van der Waals surface area contributed by atoms with Crippen molar-refractivity contribution >= 4 is 23.2 Å². The summed E-state index contributed by atoms with van der Waals surface area (Å²) in [6, 6.07) is 0. The summed E-state index contributed by atoms with van der Waals surface area (Å²) in [5, 5.41) is -0.00776. The molecule has 0 aromatic heterocycles. The fraction of sp³-hybridized carbons (Fsp3) is 0.875. The van der Waals surface area contributed by atoms with Crippen LogP contribution in [0.3, 0.4) is 0 Å². The first kappa shape index (κ1) is 11.5. The lowest BCUT2D eigenvalue weighted by atomic mass is 10.0. The van der Waals surface area contributed by atoms with Crippen molar-refractivity contribution in [3.8, 4) is 0 Å². The van der Waals surface area contributed by atoms with Gasteiger partial charge >= 0.3 is 0 Å². The largest absolute Gasteiger partial charge is 0.370 e. The molecule has 1 atom stereocenters. The van der Waals surface area contributed by atoms with Crippen LogP contribution in [0.15, 0.2) is 0 Å². The molecule has 0 saturated carbocycles. The number of hydrogen-bond donors (Lipinski definition) is 0. The van der Waals surface area contributed by atoms with Crippen LogP contribution in [0.4, 0.5) is 0 Å². The first-order valence-electron chi connectivity index (χ1n) is 3.67. The molecule has 3 heteroatoms. The Bertz CT molecular complexity index is 104. The van der Waals surface area contributed by atoms with Gasteiger partial charge in [0, 0.05) is 11.3 Å². The molecule has 1 radical (unpaired) electrons. The molecule has 1 nitrogen and oxygen atoms in total. The molecule has 0 amide bonds. The van der Waals surface area contributed by atoms with E-state index in [4.69, 9.17) is 27.9 Å². The highest BCUT2D eigenvalue weighted by Crippen LogP contribution is 2.21. The predicted molar refractivity (Wildman–Crippen MR) is 50.1 cm³/mol. The first-order chi connectivity index (χ1) is 5.02. The average molecular weight is 198 g/mol. The van der Waals surface area contributed by atoms with E-state index in [1.54, 1.807) is 6.61 Å². The first-order valence-corrected chi connectivity index (χ1v) is 4.64. The SMILES string of the molecule is C[CH]OC(C)(C)CC(Cl)CCl. The summed E-state index contributed by atoms with van der Waals surface area (Å²) >= 11 is 11.4. The third-order valence-electron chi connectivity index (χ3n) is 1.32. The van der Waals surface area contributed by atoms with Crippen LogP contribution in [0.1, 0.15) is 27.2 Å². The molecular formula is C8H15Cl2O. The van der Waals surface area contributed by atoms with Crippen LogP contribution in [0.5, 0.6) is 0 Å². The van der Waals surface area contributed by atoms with E-state index in [1.165, 1.54) is 0 Å². The Balaban J connectivity index is 3.70. The zero-order valence-electron chi connectivity index (χ0n) is 7.23. The molecule has 11 heavy (non-hydrogen) atoms. The average Bonchev–Trinajstić information content (AvgIpc) is 1.86. The minimum Gasteiger partial charge on any atom is -0.370 e. The monoisotopic (exact) mass is 197 g/mol. The van der Waals surface area contributed by atoms with Crippen LogP contribution >= 0.6 is 23.2 Å². The summed E-state index contributed by atoms with van der Waals surface area (Å²) < 4.78 is 5.33. The fourth-order valence-electron chi connectivity index (χ4n) is 0.955. The Morgan fingerprint density at radius 1 is 1.55 bits per heavy atom. The molecule has 0 saturated heterocycles. The number of rotatable bonds is 5. The van der Waals surface area contributed by atoms with Crippen molar-refractivity contribution in [1.82, 2.24) is 0 Å². The summed E-state index contributed by atoms with van der Waals surface area (Å²) in [7, 11) is 0. The van der Waals surface area contributed by atoms with Gasteiger partial charge in [-0.2, -0.15) is 0 Å². The number of ether oxygens (including phenoxy) is 1. The molecule has 0 bridgehead atoms. The normalized spacial score (nSPS) is 15.0. The second-order valence-electron chi connectivity index (χ2n) is 3.07. The minimum absolute atomic E-state index is 0.00776. The quantitative estimate of drug-likeness (QED) is 0.616. The van der Waals surface area contributed by atoms with Gasteiger partial charge in [0.2, 0.25) is 0 Å². The summed E-state index contributed by atoms with van der Waals surface area (Å²) in [6.45, 7) is 7.52. The van der Waals surface area contributed by atoms with Crippen LogP contribution in [0, 0.1) is 6.61 Å². The van der Waals surface area contributed by atoms with Crippen molar-refractivity contribution < 1.29 is 4.74 Å². The minimum atomic E-state index is -0.198. The van der Waals surface area contributed by atoms with E-state index in [0.717, 1.165) is 6.42 Å². The van der Waals surface area contributed by atoms with Gasteiger partial charge in [0.1, 0.15) is 0 Å². The summed E-state index contributed by atoms with van der Waals surface area (Å²) in [5.74, 6) is 0.470. The Morgan fingerprint density at radius 2 is 2.09 bits per heavy atom. The zero-order chi connectivity index (χ0) is 8.91. The molecule has 0 aromatic rings. The Kier molecular flexibility index (Phi) is 5.49. The Labute approximate surface area is 79.0 Å². The van der Waals surface area contributed by atoms with Crippen molar-refractivity contribution in [2.45, 2.75) is 38.2 Å². The topological polar surface area (TPSA) is 9.23 Å². The third kappa shape index (κ3) is 5.77. The Morgan fingerprint density at radius 3 is 2.45 bits per heavy atom. The third-order valence-corrected chi connectivity index (χ3v) is 2.16. The predicted octanol–water partition coefficient (Wildman–Crippen LogP) is 3.20. The van der Waals surface area contributed by atoms with Gasteiger partial charge in [0.05, 0.1) is 12.2 Å². The maximum Gasteiger partial charge on any atom is 0.0813 e. The summed E-state index contributed by atoms with van der Waals surface area (Å²) in [5.41, 5.74) is -0.198. The lowest BCUT2D eigenvalue weighted by Gasteiger charge is -2.25. The van der Waals surface area contributed by atoms with Crippen molar-refractivity contribution in [3.63, 3.8) is 0 Å². The molecule has 0 rings (SSSR count). The van der Waals surface area contributed by atoms with Crippen molar-refractivity contribution in [2.24, 2.45) is 0 Å². The lowest BCUT2D eigenvalue weighted by Crippen LogP contribution is -2.27. The molecule has 0 aromatic carbocycles. The number of alkyl halides is 2. The second kappa shape index (κ2) is 5.23. The summed E-state index contributed by atoms with van der Waals surface area (Å²) in [4.78, 5) is 0.